The Kier molecular flexibility index (Phi) is 5.46. The van der Waals surface area contributed by atoms with Gasteiger partial charge in [0.2, 0.25) is 15.9 Å². The van der Waals surface area contributed by atoms with Crippen molar-refractivity contribution < 1.29 is 13.2 Å². The number of hydrogen-bond acceptors (Lipinski definition) is 4. The summed E-state index contributed by atoms with van der Waals surface area (Å²) in [6.45, 7) is 4.89. The van der Waals surface area contributed by atoms with Crippen molar-refractivity contribution in [2.75, 3.05) is 31.6 Å². The number of nitrogens with zero attached hydrogens (tertiary/aromatic N) is 1. The molecule has 1 amide bonds. The van der Waals surface area contributed by atoms with Crippen LogP contribution in [0.25, 0.3) is 0 Å². The number of anilines is 1. The van der Waals surface area contributed by atoms with Crippen molar-refractivity contribution >= 4 is 21.6 Å². The number of hydrogen-bond donors (Lipinski definition) is 2. The molecule has 0 aromatic heterocycles. The van der Waals surface area contributed by atoms with E-state index in [4.69, 9.17) is 0 Å². The monoisotopic (exact) mass is 365 g/mol. The van der Waals surface area contributed by atoms with Crippen molar-refractivity contribution in [3.63, 3.8) is 0 Å². The maximum absolute atomic E-state index is 12.8. The first kappa shape index (κ1) is 18.4. The number of nitrogens with one attached hydrogen (secondary N) is 2. The highest BCUT2D eigenvalue weighted by Gasteiger charge is 2.29. The number of piperidine rings is 1. The molecule has 2 heterocycles. The van der Waals surface area contributed by atoms with Gasteiger partial charge in [-0.25, -0.2) is 13.1 Å². The smallest absolute Gasteiger partial charge is 0.240 e. The predicted octanol–water partition coefficient (Wildman–Crippen LogP) is 1.51. The van der Waals surface area contributed by atoms with E-state index >= 15 is 0 Å². The van der Waals surface area contributed by atoms with Gasteiger partial charge in [0.1, 0.15) is 0 Å². The molecular formula is C18H27N3O3S. The van der Waals surface area contributed by atoms with Crippen LogP contribution in [0.3, 0.4) is 0 Å². The molecule has 0 spiro atoms. The van der Waals surface area contributed by atoms with E-state index in [1.165, 1.54) is 7.05 Å². The lowest BCUT2D eigenvalue weighted by Crippen LogP contribution is -2.35. The van der Waals surface area contributed by atoms with Crippen molar-refractivity contribution in [3.8, 4) is 0 Å². The number of amides is 1. The van der Waals surface area contributed by atoms with Crippen LogP contribution in [-0.4, -0.2) is 41.0 Å². The zero-order valence-corrected chi connectivity index (χ0v) is 15.7. The zero-order chi connectivity index (χ0) is 18.0. The van der Waals surface area contributed by atoms with Crippen LogP contribution in [-0.2, 0) is 21.2 Å². The van der Waals surface area contributed by atoms with Crippen molar-refractivity contribution in [2.24, 2.45) is 11.8 Å². The number of carbonyl (C=O) groups is 1. The third-order valence-corrected chi connectivity index (χ3v) is 6.92. The summed E-state index contributed by atoms with van der Waals surface area (Å²) >= 11 is 0. The van der Waals surface area contributed by atoms with Crippen LogP contribution < -0.4 is 14.9 Å². The Bertz CT molecular complexity index is 742. The molecule has 2 aliphatic rings. The van der Waals surface area contributed by atoms with Crippen molar-refractivity contribution in [1.82, 2.24) is 10.0 Å². The van der Waals surface area contributed by atoms with Gasteiger partial charge in [-0.05, 0) is 75.0 Å². The molecule has 138 valence electrons. The van der Waals surface area contributed by atoms with E-state index in [0.717, 1.165) is 37.2 Å². The van der Waals surface area contributed by atoms with Gasteiger partial charge in [0.05, 0.1) is 4.90 Å². The molecule has 0 bridgehead atoms. The largest absolute Gasteiger partial charge is 0.317 e. The maximum atomic E-state index is 12.8. The van der Waals surface area contributed by atoms with Crippen LogP contribution in [0, 0.1) is 11.8 Å². The molecule has 1 aromatic rings. The highest BCUT2D eigenvalue weighted by Crippen LogP contribution is 2.32. The van der Waals surface area contributed by atoms with Crippen molar-refractivity contribution in [3.05, 3.63) is 23.8 Å². The normalized spacial score (nSPS) is 19.7. The fourth-order valence-electron chi connectivity index (χ4n) is 3.89. The highest BCUT2D eigenvalue weighted by molar-refractivity contribution is 7.89. The second kappa shape index (κ2) is 7.43. The summed E-state index contributed by atoms with van der Waals surface area (Å²) in [6.07, 6.45) is 3.53. The molecule has 0 saturated carbocycles. The minimum absolute atomic E-state index is 0.147. The summed E-state index contributed by atoms with van der Waals surface area (Å²) in [5.41, 5.74) is 1.79. The Morgan fingerprint density at radius 3 is 2.76 bits per heavy atom. The molecule has 3 rings (SSSR count). The zero-order valence-electron chi connectivity index (χ0n) is 14.9. The highest BCUT2D eigenvalue weighted by atomic mass is 32.2. The van der Waals surface area contributed by atoms with E-state index in [-0.39, 0.29) is 10.8 Å². The average Bonchev–Trinajstić information content (AvgIpc) is 3.05. The fraction of sp³-hybridized carbons (Fsp3) is 0.611. The Hall–Kier alpha value is -1.44. The van der Waals surface area contributed by atoms with Gasteiger partial charge < -0.3 is 10.2 Å². The molecule has 1 unspecified atom stereocenters. The molecule has 1 aromatic carbocycles. The Morgan fingerprint density at radius 2 is 2.08 bits per heavy atom. The summed E-state index contributed by atoms with van der Waals surface area (Å²) in [7, 11) is -2.05. The lowest BCUT2D eigenvalue weighted by atomic mass is 9.84. The van der Waals surface area contributed by atoms with Gasteiger partial charge in [0, 0.05) is 18.7 Å². The lowest BCUT2D eigenvalue weighted by Gasteiger charge is -2.29. The summed E-state index contributed by atoms with van der Waals surface area (Å²) in [5, 5.41) is 3.36. The lowest BCUT2D eigenvalue weighted by molar-refractivity contribution is -0.119. The van der Waals surface area contributed by atoms with Gasteiger partial charge in [-0.1, -0.05) is 6.92 Å². The van der Waals surface area contributed by atoms with Gasteiger partial charge >= 0.3 is 0 Å². The van der Waals surface area contributed by atoms with Crippen LogP contribution >= 0.6 is 0 Å². The minimum Gasteiger partial charge on any atom is -0.317 e. The number of benzene rings is 1. The summed E-state index contributed by atoms with van der Waals surface area (Å²) in [6, 6.07) is 5.02. The second-order valence-corrected chi connectivity index (χ2v) is 8.95. The van der Waals surface area contributed by atoms with E-state index in [0.29, 0.717) is 31.2 Å². The summed E-state index contributed by atoms with van der Waals surface area (Å²) < 4.78 is 26.2. The Balaban J connectivity index is 1.70. The van der Waals surface area contributed by atoms with Gasteiger partial charge in [0.25, 0.3) is 0 Å². The van der Waals surface area contributed by atoms with Crippen LogP contribution in [0.4, 0.5) is 5.69 Å². The van der Waals surface area contributed by atoms with Crippen LogP contribution in [0.1, 0.15) is 31.7 Å². The number of sulfonamides is 1. The molecule has 2 N–H and O–H groups in total. The average molecular weight is 365 g/mol. The first-order valence-electron chi connectivity index (χ1n) is 9.00. The molecule has 1 fully saturated rings. The van der Waals surface area contributed by atoms with E-state index < -0.39 is 10.0 Å². The maximum Gasteiger partial charge on any atom is 0.240 e. The number of fused-ring (bicyclic) bond motifs is 1. The Morgan fingerprint density at radius 1 is 1.36 bits per heavy atom. The number of carbonyl (C=O) groups excluding carboxylic acids is 1. The van der Waals surface area contributed by atoms with Crippen molar-refractivity contribution in [2.45, 2.75) is 37.5 Å². The van der Waals surface area contributed by atoms with Crippen LogP contribution in [0.2, 0.25) is 0 Å². The van der Waals surface area contributed by atoms with Crippen LogP contribution in [0.5, 0.6) is 0 Å². The molecule has 1 saturated heterocycles. The SMILES string of the molecule is CNS(=O)(=O)c1ccc2c(c1)CCN2C(=O)CC(C)C1CCNCC1. The third-order valence-electron chi connectivity index (χ3n) is 5.51. The first-order chi connectivity index (χ1) is 11.9. The summed E-state index contributed by atoms with van der Waals surface area (Å²) in [5.74, 6) is 1.13. The molecule has 7 heteroatoms. The molecule has 6 nitrogen and oxygen atoms in total. The minimum atomic E-state index is -3.45. The second-order valence-electron chi connectivity index (χ2n) is 7.06. The third kappa shape index (κ3) is 3.88. The number of rotatable bonds is 5. The quantitative estimate of drug-likeness (QED) is 0.829. The Labute approximate surface area is 150 Å². The summed E-state index contributed by atoms with van der Waals surface area (Å²) in [4.78, 5) is 14.9. The van der Waals surface area contributed by atoms with Gasteiger partial charge in [-0.3, -0.25) is 4.79 Å². The van der Waals surface area contributed by atoms with E-state index in [2.05, 4.69) is 17.0 Å². The first-order valence-corrected chi connectivity index (χ1v) is 10.5. The van der Waals surface area contributed by atoms with Crippen molar-refractivity contribution in [1.29, 1.82) is 0 Å². The topological polar surface area (TPSA) is 78.5 Å². The van der Waals surface area contributed by atoms with E-state index in [1.807, 2.05) is 4.90 Å². The standard InChI is InChI=1S/C18H27N3O3S/c1-13(14-5-8-20-9-6-14)11-18(22)21-10-7-15-12-16(3-4-17(15)21)25(23,24)19-2/h3-4,12-14,19-20H,5-11H2,1-2H3. The van der Waals surface area contributed by atoms with E-state index in [1.54, 1.807) is 18.2 Å². The molecule has 25 heavy (non-hydrogen) atoms. The van der Waals surface area contributed by atoms with Gasteiger partial charge in [0.15, 0.2) is 0 Å². The molecule has 2 aliphatic heterocycles. The molecule has 0 aliphatic carbocycles. The molecule has 0 radical (unpaired) electrons. The van der Waals surface area contributed by atoms with Crippen LogP contribution in [0.15, 0.2) is 23.1 Å². The van der Waals surface area contributed by atoms with Gasteiger partial charge in [-0.2, -0.15) is 0 Å². The van der Waals surface area contributed by atoms with E-state index in [9.17, 15) is 13.2 Å². The molecule has 1 atom stereocenters. The molecular weight excluding hydrogens is 338 g/mol. The predicted molar refractivity (Wildman–Crippen MR) is 98.1 cm³/mol. The van der Waals surface area contributed by atoms with Gasteiger partial charge in [-0.15, -0.1) is 0 Å². The fourth-order valence-corrected chi connectivity index (χ4v) is 4.67.